The van der Waals surface area contributed by atoms with Gasteiger partial charge in [0.2, 0.25) is 0 Å². The van der Waals surface area contributed by atoms with Gasteiger partial charge in [-0.3, -0.25) is 0 Å². The molecule has 1 unspecified atom stereocenters. The number of rotatable bonds is 3. The van der Waals surface area contributed by atoms with Gasteiger partial charge in [0.05, 0.1) is 0 Å². The first-order valence-electron chi connectivity index (χ1n) is 5.52. The topological polar surface area (TPSA) is 26.0 Å². The molecule has 0 saturated heterocycles. The Hall–Kier alpha value is -1.01. The Morgan fingerprint density at radius 2 is 1.83 bits per heavy atom. The Labute approximate surface area is 118 Å². The lowest BCUT2D eigenvalue weighted by Gasteiger charge is -2.14. The van der Waals surface area contributed by atoms with E-state index >= 15 is 0 Å². The molecule has 0 aliphatic heterocycles. The molecule has 18 heavy (non-hydrogen) atoms. The molecule has 0 heterocycles. The first kappa shape index (κ1) is 13.4. The van der Waals surface area contributed by atoms with Crippen LogP contribution in [0.15, 0.2) is 42.5 Å². The van der Waals surface area contributed by atoms with Crippen LogP contribution in [0.2, 0.25) is 0 Å². The van der Waals surface area contributed by atoms with E-state index in [-0.39, 0.29) is 17.7 Å². The lowest BCUT2D eigenvalue weighted by Crippen LogP contribution is -2.15. The Bertz CT molecular complexity index is 557. The van der Waals surface area contributed by atoms with Crippen molar-refractivity contribution in [1.29, 1.82) is 0 Å². The van der Waals surface area contributed by atoms with Crippen molar-refractivity contribution in [2.45, 2.75) is 12.5 Å². The van der Waals surface area contributed by atoms with Crippen molar-refractivity contribution in [3.8, 4) is 0 Å². The van der Waals surface area contributed by atoms with E-state index in [9.17, 15) is 8.78 Å². The minimum atomic E-state index is -0.339. The highest BCUT2D eigenvalue weighted by atomic mass is 127. The molecule has 0 aliphatic rings. The highest BCUT2D eigenvalue weighted by Gasteiger charge is 2.13. The largest absolute Gasteiger partial charge is 0.324 e. The number of nitrogens with two attached hydrogens (primary N) is 1. The number of hydrogen-bond donors (Lipinski definition) is 1. The summed E-state index contributed by atoms with van der Waals surface area (Å²) in [5.41, 5.74) is 7.46. The molecule has 0 saturated carbocycles. The van der Waals surface area contributed by atoms with Gasteiger partial charge in [0, 0.05) is 9.61 Å². The van der Waals surface area contributed by atoms with E-state index in [1.165, 1.54) is 18.2 Å². The molecule has 0 aromatic heterocycles. The molecule has 0 bridgehead atoms. The normalized spacial score (nSPS) is 12.4. The third kappa shape index (κ3) is 3.05. The zero-order valence-electron chi connectivity index (χ0n) is 9.54. The zero-order chi connectivity index (χ0) is 13.1. The molecular weight excluding hydrogens is 347 g/mol. The predicted octanol–water partition coefficient (Wildman–Crippen LogP) is 3.81. The minimum absolute atomic E-state index is 0.259. The molecule has 0 aliphatic carbocycles. The SMILES string of the molecule is NC(Cc1ccccc1F)c1ccc(F)cc1I. The fourth-order valence-electron chi connectivity index (χ4n) is 1.81. The lowest BCUT2D eigenvalue weighted by molar-refractivity contribution is 0.591. The van der Waals surface area contributed by atoms with Gasteiger partial charge in [0.15, 0.2) is 0 Å². The first-order valence-corrected chi connectivity index (χ1v) is 6.59. The van der Waals surface area contributed by atoms with E-state index in [0.717, 1.165) is 9.13 Å². The van der Waals surface area contributed by atoms with Crippen molar-refractivity contribution in [2.24, 2.45) is 5.73 Å². The van der Waals surface area contributed by atoms with Gasteiger partial charge >= 0.3 is 0 Å². The van der Waals surface area contributed by atoms with Crippen molar-refractivity contribution in [3.05, 3.63) is 68.8 Å². The van der Waals surface area contributed by atoms with E-state index in [1.807, 2.05) is 22.6 Å². The Kier molecular flexibility index (Phi) is 4.29. The van der Waals surface area contributed by atoms with Gasteiger partial charge in [0.1, 0.15) is 11.6 Å². The first-order chi connectivity index (χ1) is 8.58. The van der Waals surface area contributed by atoms with E-state index in [2.05, 4.69) is 0 Å². The van der Waals surface area contributed by atoms with Gasteiger partial charge in [-0.05, 0) is 58.3 Å². The van der Waals surface area contributed by atoms with Gasteiger partial charge in [-0.1, -0.05) is 24.3 Å². The van der Waals surface area contributed by atoms with Crippen LogP contribution in [0.4, 0.5) is 8.78 Å². The molecule has 0 radical (unpaired) electrons. The second kappa shape index (κ2) is 5.75. The van der Waals surface area contributed by atoms with Gasteiger partial charge in [-0.2, -0.15) is 0 Å². The number of hydrogen-bond acceptors (Lipinski definition) is 1. The van der Waals surface area contributed by atoms with E-state index < -0.39 is 0 Å². The maximum absolute atomic E-state index is 13.5. The zero-order valence-corrected chi connectivity index (χ0v) is 11.7. The average molecular weight is 359 g/mol. The third-order valence-corrected chi connectivity index (χ3v) is 3.69. The van der Waals surface area contributed by atoms with Crippen LogP contribution < -0.4 is 5.73 Å². The van der Waals surface area contributed by atoms with E-state index in [1.54, 1.807) is 24.3 Å². The summed E-state index contributed by atoms with van der Waals surface area (Å²) >= 11 is 2.04. The summed E-state index contributed by atoms with van der Waals surface area (Å²) in [4.78, 5) is 0. The van der Waals surface area contributed by atoms with Crippen LogP contribution in [0.1, 0.15) is 17.2 Å². The summed E-state index contributed by atoms with van der Waals surface area (Å²) in [5.74, 6) is -0.550. The maximum Gasteiger partial charge on any atom is 0.126 e. The van der Waals surface area contributed by atoms with Crippen molar-refractivity contribution in [1.82, 2.24) is 0 Å². The maximum atomic E-state index is 13.5. The van der Waals surface area contributed by atoms with Crippen LogP contribution in [0, 0.1) is 15.2 Å². The highest BCUT2D eigenvalue weighted by molar-refractivity contribution is 14.1. The molecule has 2 rings (SSSR count). The van der Waals surface area contributed by atoms with Gasteiger partial charge in [0.25, 0.3) is 0 Å². The minimum Gasteiger partial charge on any atom is -0.324 e. The van der Waals surface area contributed by atoms with Gasteiger partial charge in [-0.15, -0.1) is 0 Å². The lowest BCUT2D eigenvalue weighted by atomic mass is 9.99. The summed E-state index contributed by atoms with van der Waals surface area (Å²) in [5, 5.41) is 0. The smallest absolute Gasteiger partial charge is 0.126 e. The van der Waals surface area contributed by atoms with Crippen LogP contribution in [-0.4, -0.2) is 0 Å². The molecule has 0 spiro atoms. The molecule has 1 atom stereocenters. The van der Waals surface area contributed by atoms with Crippen LogP contribution in [0.3, 0.4) is 0 Å². The molecule has 0 amide bonds. The third-order valence-electron chi connectivity index (χ3n) is 2.76. The fourth-order valence-corrected chi connectivity index (χ4v) is 2.69. The summed E-state index contributed by atoms with van der Waals surface area (Å²) < 4.78 is 27.3. The second-order valence-corrected chi connectivity index (χ2v) is 5.23. The average Bonchev–Trinajstić information content (AvgIpc) is 2.32. The Morgan fingerprint density at radius 3 is 2.50 bits per heavy atom. The molecule has 1 nitrogen and oxygen atoms in total. The summed E-state index contributed by atoms with van der Waals surface area (Å²) in [7, 11) is 0. The molecule has 0 fully saturated rings. The Balaban J connectivity index is 2.22. The van der Waals surface area contributed by atoms with Gasteiger partial charge in [-0.25, -0.2) is 8.78 Å². The predicted molar refractivity (Wildman–Crippen MR) is 76.1 cm³/mol. The number of benzene rings is 2. The summed E-state index contributed by atoms with van der Waals surface area (Å²) in [6, 6.07) is 10.7. The second-order valence-electron chi connectivity index (χ2n) is 4.07. The fraction of sp³-hybridized carbons (Fsp3) is 0.143. The van der Waals surface area contributed by atoms with Crippen molar-refractivity contribution < 1.29 is 8.78 Å². The van der Waals surface area contributed by atoms with Crippen LogP contribution in [0.5, 0.6) is 0 Å². The van der Waals surface area contributed by atoms with Crippen molar-refractivity contribution in [3.63, 3.8) is 0 Å². The summed E-state index contributed by atoms with van der Waals surface area (Å²) in [6.45, 7) is 0. The quantitative estimate of drug-likeness (QED) is 0.829. The van der Waals surface area contributed by atoms with Crippen LogP contribution >= 0.6 is 22.6 Å². The molecule has 2 aromatic rings. The summed E-state index contributed by atoms with van der Waals surface area (Å²) in [6.07, 6.45) is 0.397. The van der Waals surface area contributed by atoms with E-state index in [0.29, 0.717) is 12.0 Å². The highest BCUT2D eigenvalue weighted by Crippen LogP contribution is 2.23. The molecule has 4 heteroatoms. The van der Waals surface area contributed by atoms with E-state index in [4.69, 9.17) is 5.73 Å². The molecular formula is C14H12F2IN. The standard InChI is InChI=1S/C14H12F2IN/c15-10-5-6-11(13(17)8-10)14(18)7-9-3-1-2-4-12(9)16/h1-6,8,14H,7,18H2. The molecule has 2 aromatic carbocycles. The number of halogens is 3. The van der Waals surface area contributed by atoms with Gasteiger partial charge < -0.3 is 5.73 Å². The Morgan fingerprint density at radius 1 is 1.11 bits per heavy atom. The van der Waals surface area contributed by atoms with Crippen LogP contribution in [0.25, 0.3) is 0 Å². The van der Waals surface area contributed by atoms with Crippen molar-refractivity contribution >= 4 is 22.6 Å². The van der Waals surface area contributed by atoms with Crippen molar-refractivity contribution in [2.75, 3.05) is 0 Å². The molecule has 2 N–H and O–H groups in total. The van der Waals surface area contributed by atoms with Crippen LogP contribution in [-0.2, 0) is 6.42 Å². The monoisotopic (exact) mass is 359 g/mol. The molecule has 94 valence electrons.